The molecule has 7 unspecified atom stereocenters. The summed E-state index contributed by atoms with van der Waals surface area (Å²) < 4.78 is 63.6. The second kappa shape index (κ2) is 7.34. The number of hydrogen-bond acceptors (Lipinski definition) is 12. The molecule has 0 aromatic carbocycles. The van der Waals surface area contributed by atoms with Gasteiger partial charge in [0, 0.05) is 0 Å². The third kappa shape index (κ3) is 3.83. The minimum atomic E-state index is -3.75. The summed E-state index contributed by atoms with van der Waals surface area (Å²) in [6, 6.07) is 0. The van der Waals surface area contributed by atoms with Crippen molar-refractivity contribution in [3.8, 4) is 0 Å². The number of rotatable bonds is 5. The summed E-state index contributed by atoms with van der Waals surface area (Å²) in [5.41, 5.74) is 0. The largest absolute Gasteiger partial charge is 0.465 e. The lowest BCUT2D eigenvalue weighted by atomic mass is 10.0. The minimum Gasteiger partial charge on any atom is -0.465 e. The lowest BCUT2D eigenvalue weighted by molar-refractivity contribution is -0.295. The van der Waals surface area contributed by atoms with Gasteiger partial charge in [0.15, 0.2) is 6.29 Å². The van der Waals surface area contributed by atoms with E-state index < -0.39 is 71.9 Å². The number of carbonyl (C=O) groups excluding carboxylic acids is 2. The first-order valence-corrected chi connectivity index (χ1v) is 9.32. The van der Waals surface area contributed by atoms with Crippen LogP contribution in [0.3, 0.4) is 0 Å². The SMILES string of the molecule is COC(=O)C1OC2OC3C(COS(C)(=O)=O)OC(C(=O)OC)OC3C2O1. The van der Waals surface area contributed by atoms with E-state index in [0.29, 0.717) is 0 Å². The molecular weight excluding hydrogens is 380 g/mol. The highest BCUT2D eigenvalue weighted by Crippen LogP contribution is 2.39. The van der Waals surface area contributed by atoms with E-state index in [1.807, 2.05) is 0 Å². The number of ether oxygens (including phenoxy) is 7. The Hall–Kier alpha value is -1.35. The van der Waals surface area contributed by atoms with Crippen molar-refractivity contribution < 1.29 is 55.3 Å². The zero-order valence-electron chi connectivity index (χ0n) is 14.1. The molecule has 0 amide bonds. The second-order valence-corrected chi connectivity index (χ2v) is 7.32. The van der Waals surface area contributed by atoms with E-state index in [4.69, 9.17) is 27.9 Å². The zero-order valence-corrected chi connectivity index (χ0v) is 14.9. The van der Waals surface area contributed by atoms with E-state index in [9.17, 15) is 18.0 Å². The van der Waals surface area contributed by atoms with Gasteiger partial charge in [-0.2, -0.15) is 8.42 Å². The molecule has 3 rings (SSSR count). The van der Waals surface area contributed by atoms with Gasteiger partial charge in [-0.3, -0.25) is 4.18 Å². The maximum atomic E-state index is 11.8. The minimum absolute atomic E-state index is 0.420. The van der Waals surface area contributed by atoms with Crippen molar-refractivity contribution in [2.24, 2.45) is 0 Å². The number of methoxy groups -OCH3 is 2. The summed E-state index contributed by atoms with van der Waals surface area (Å²) in [4.78, 5) is 23.3. The molecule has 0 saturated carbocycles. The van der Waals surface area contributed by atoms with Gasteiger partial charge in [-0.1, -0.05) is 0 Å². The van der Waals surface area contributed by atoms with Crippen molar-refractivity contribution in [3.05, 3.63) is 0 Å². The molecule has 7 atom stereocenters. The van der Waals surface area contributed by atoms with Crippen LogP contribution in [-0.4, -0.2) is 90.7 Å². The highest BCUT2D eigenvalue weighted by Gasteiger charge is 2.60. The molecule has 3 fully saturated rings. The first-order valence-electron chi connectivity index (χ1n) is 7.51. The molecule has 0 aromatic heterocycles. The molecule has 3 aliphatic heterocycles. The molecule has 148 valence electrons. The van der Waals surface area contributed by atoms with Crippen molar-refractivity contribution in [1.82, 2.24) is 0 Å². The van der Waals surface area contributed by atoms with Crippen LogP contribution in [0.2, 0.25) is 0 Å². The third-order valence-electron chi connectivity index (χ3n) is 3.92. The van der Waals surface area contributed by atoms with Gasteiger partial charge in [0.05, 0.1) is 27.1 Å². The second-order valence-electron chi connectivity index (χ2n) is 5.68. The van der Waals surface area contributed by atoms with E-state index >= 15 is 0 Å². The number of fused-ring (bicyclic) bond motifs is 3. The van der Waals surface area contributed by atoms with E-state index in [-0.39, 0.29) is 0 Å². The van der Waals surface area contributed by atoms with Crippen LogP contribution in [0, 0.1) is 0 Å². The molecule has 3 saturated heterocycles. The van der Waals surface area contributed by atoms with Gasteiger partial charge >= 0.3 is 11.9 Å². The van der Waals surface area contributed by atoms with Crippen LogP contribution in [-0.2, 0) is 57.0 Å². The Balaban J connectivity index is 1.76. The molecule has 0 aliphatic carbocycles. The number of hydrogen-bond donors (Lipinski definition) is 0. The number of carbonyl (C=O) groups is 2. The molecule has 0 spiro atoms. The first kappa shape index (κ1) is 19.4. The van der Waals surface area contributed by atoms with Crippen LogP contribution >= 0.6 is 0 Å². The highest BCUT2D eigenvalue weighted by atomic mass is 32.2. The maximum absolute atomic E-state index is 11.8. The first-order chi connectivity index (χ1) is 12.2. The lowest BCUT2D eigenvalue weighted by Gasteiger charge is -2.37. The molecule has 12 nitrogen and oxygen atoms in total. The fourth-order valence-electron chi connectivity index (χ4n) is 2.80. The van der Waals surface area contributed by atoms with E-state index in [1.54, 1.807) is 0 Å². The highest BCUT2D eigenvalue weighted by molar-refractivity contribution is 7.85. The summed E-state index contributed by atoms with van der Waals surface area (Å²) in [5.74, 6) is -1.59. The van der Waals surface area contributed by atoms with Gasteiger partial charge in [-0.05, 0) is 0 Å². The fourth-order valence-corrected chi connectivity index (χ4v) is 3.19. The Morgan fingerprint density at radius 1 is 0.846 bits per heavy atom. The molecule has 0 radical (unpaired) electrons. The van der Waals surface area contributed by atoms with Crippen molar-refractivity contribution in [3.63, 3.8) is 0 Å². The Kier molecular flexibility index (Phi) is 5.48. The average Bonchev–Trinajstić information content (AvgIpc) is 3.15. The smallest absolute Gasteiger partial charge is 0.363 e. The summed E-state index contributed by atoms with van der Waals surface area (Å²) in [6.45, 7) is -0.420. The number of esters is 2. The molecule has 13 heteroatoms. The van der Waals surface area contributed by atoms with E-state index in [2.05, 4.69) is 9.47 Å². The van der Waals surface area contributed by atoms with Gasteiger partial charge in [-0.15, -0.1) is 0 Å². The summed E-state index contributed by atoms with van der Waals surface area (Å²) in [6.07, 6.45) is -6.45. The van der Waals surface area contributed by atoms with Gasteiger partial charge in [-0.25, -0.2) is 9.59 Å². The van der Waals surface area contributed by atoms with Crippen LogP contribution in [0.25, 0.3) is 0 Å². The zero-order chi connectivity index (χ0) is 19.1. The third-order valence-corrected chi connectivity index (χ3v) is 4.49. The van der Waals surface area contributed by atoms with Crippen LogP contribution in [0.1, 0.15) is 0 Å². The van der Waals surface area contributed by atoms with Crippen LogP contribution in [0.15, 0.2) is 0 Å². The van der Waals surface area contributed by atoms with Crippen molar-refractivity contribution in [2.75, 3.05) is 27.1 Å². The molecule has 0 aromatic rings. The van der Waals surface area contributed by atoms with Gasteiger partial charge < -0.3 is 33.2 Å². The molecule has 3 aliphatic rings. The standard InChI is InChI=1S/C13H18O12S/c1-18-9(14)12-21-5(4-20-26(3,16)17)6-7(23-12)8-11(22-6)25-13(24-8)10(15)19-2/h5-8,11-13H,4H2,1-3H3. The lowest BCUT2D eigenvalue weighted by Crippen LogP contribution is -2.55. The van der Waals surface area contributed by atoms with E-state index in [1.165, 1.54) is 7.11 Å². The normalized spacial score (nSPS) is 39.1. The Bertz CT molecular complexity index is 662. The van der Waals surface area contributed by atoms with Crippen molar-refractivity contribution >= 4 is 22.1 Å². The van der Waals surface area contributed by atoms with Gasteiger partial charge in [0.2, 0.25) is 0 Å². The van der Waals surface area contributed by atoms with Crippen molar-refractivity contribution in [2.45, 2.75) is 43.3 Å². The molecular formula is C13H18O12S. The summed E-state index contributed by atoms with van der Waals surface area (Å²) in [7, 11) is -1.45. The van der Waals surface area contributed by atoms with E-state index in [0.717, 1.165) is 13.4 Å². The Morgan fingerprint density at radius 2 is 1.42 bits per heavy atom. The van der Waals surface area contributed by atoms with Crippen LogP contribution < -0.4 is 0 Å². The molecule has 0 bridgehead atoms. The predicted octanol–water partition coefficient (Wildman–Crippen LogP) is -2.11. The molecule has 3 heterocycles. The monoisotopic (exact) mass is 398 g/mol. The van der Waals surface area contributed by atoms with Gasteiger partial charge in [0.1, 0.15) is 24.4 Å². The molecule has 26 heavy (non-hydrogen) atoms. The molecule has 0 N–H and O–H groups in total. The maximum Gasteiger partial charge on any atom is 0.363 e. The van der Waals surface area contributed by atoms with Crippen LogP contribution in [0.4, 0.5) is 0 Å². The topological polar surface area (TPSA) is 142 Å². The Morgan fingerprint density at radius 3 is 2.00 bits per heavy atom. The predicted molar refractivity (Wildman–Crippen MR) is 76.8 cm³/mol. The van der Waals surface area contributed by atoms with Crippen LogP contribution in [0.5, 0.6) is 0 Å². The summed E-state index contributed by atoms with van der Waals surface area (Å²) >= 11 is 0. The summed E-state index contributed by atoms with van der Waals surface area (Å²) in [5, 5.41) is 0. The van der Waals surface area contributed by atoms with Gasteiger partial charge in [0.25, 0.3) is 22.7 Å². The van der Waals surface area contributed by atoms with Crippen molar-refractivity contribution in [1.29, 1.82) is 0 Å². The average molecular weight is 398 g/mol. The fraction of sp³-hybridized carbons (Fsp3) is 0.846. The Labute approximate surface area is 148 Å². The quantitative estimate of drug-likeness (QED) is 0.369.